The highest BCUT2D eigenvalue weighted by atomic mass is 15.6. The quantitative estimate of drug-likeness (QED) is 0.727. The summed E-state index contributed by atoms with van der Waals surface area (Å²) in [5, 5.41) is 12.3. The lowest BCUT2D eigenvalue weighted by atomic mass is 10.0. The second kappa shape index (κ2) is 6.30. The van der Waals surface area contributed by atoms with Gasteiger partial charge < -0.3 is 0 Å². The summed E-state index contributed by atoms with van der Waals surface area (Å²) < 4.78 is 0. The number of hydrogen-bond donors (Lipinski definition) is 0. The van der Waals surface area contributed by atoms with Gasteiger partial charge >= 0.3 is 0 Å². The number of piperazine rings is 1. The number of tetrazole rings is 1. The molecule has 2 aliphatic rings. The Kier molecular flexibility index (Phi) is 3.80. The van der Waals surface area contributed by atoms with Crippen LogP contribution in [0.5, 0.6) is 0 Å². The largest absolute Gasteiger partial charge is 0.293 e. The van der Waals surface area contributed by atoms with Gasteiger partial charge in [0.25, 0.3) is 0 Å². The summed E-state index contributed by atoms with van der Waals surface area (Å²) >= 11 is 0. The van der Waals surface area contributed by atoms with E-state index >= 15 is 0 Å². The molecule has 0 radical (unpaired) electrons. The molecule has 1 aromatic heterocycles. The molecule has 1 saturated heterocycles. The Morgan fingerprint density at radius 1 is 0.885 bits per heavy atom. The van der Waals surface area contributed by atoms with Crippen molar-refractivity contribution in [1.82, 2.24) is 30.0 Å². The van der Waals surface area contributed by atoms with Crippen LogP contribution in [0.3, 0.4) is 0 Å². The van der Waals surface area contributed by atoms with Crippen LogP contribution >= 0.6 is 0 Å². The van der Waals surface area contributed by atoms with Crippen LogP contribution in [-0.2, 0) is 13.6 Å². The minimum Gasteiger partial charge on any atom is -0.293 e. The lowest BCUT2D eigenvalue weighted by Gasteiger charge is -2.38. The fraction of sp³-hybridized carbons (Fsp3) is 0.350. The first-order valence-electron chi connectivity index (χ1n) is 9.17. The summed E-state index contributed by atoms with van der Waals surface area (Å²) in [5.41, 5.74) is 5.66. The lowest BCUT2D eigenvalue weighted by molar-refractivity contribution is 0.104. The van der Waals surface area contributed by atoms with Crippen LogP contribution in [0, 0.1) is 0 Å². The van der Waals surface area contributed by atoms with Crippen LogP contribution in [0.4, 0.5) is 0 Å². The summed E-state index contributed by atoms with van der Waals surface area (Å²) in [6, 6.07) is 18.1. The van der Waals surface area contributed by atoms with Crippen molar-refractivity contribution in [2.24, 2.45) is 7.05 Å². The Morgan fingerprint density at radius 2 is 1.50 bits per heavy atom. The molecule has 26 heavy (non-hydrogen) atoms. The van der Waals surface area contributed by atoms with Gasteiger partial charge in [-0.2, -0.15) is 4.80 Å². The van der Waals surface area contributed by atoms with Gasteiger partial charge in [-0.15, -0.1) is 10.2 Å². The van der Waals surface area contributed by atoms with Gasteiger partial charge in [-0.25, -0.2) is 0 Å². The van der Waals surface area contributed by atoms with Crippen molar-refractivity contribution in [3.05, 3.63) is 65.5 Å². The van der Waals surface area contributed by atoms with E-state index in [9.17, 15) is 0 Å². The molecule has 1 aliphatic carbocycles. The summed E-state index contributed by atoms with van der Waals surface area (Å²) in [6.45, 7) is 4.93. The van der Waals surface area contributed by atoms with E-state index in [0.717, 1.165) is 38.5 Å². The molecule has 2 heterocycles. The Hall–Kier alpha value is -2.57. The van der Waals surface area contributed by atoms with Gasteiger partial charge in [0, 0.05) is 26.2 Å². The highest BCUT2D eigenvalue weighted by Crippen LogP contribution is 2.46. The molecule has 1 aliphatic heterocycles. The first-order valence-corrected chi connectivity index (χ1v) is 9.17. The van der Waals surface area contributed by atoms with Gasteiger partial charge in [0.1, 0.15) is 0 Å². The topological polar surface area (TPSA) is 50.1 Å². The van der Waals surface area contributed by atoms with E-state index in [2.05, 4.69) is 73.7 Å². The molecule has 1 fully saturated rings. The van der Waals surface area contributed by atoms with Crippen molar-refractivity contribution in [2.45, 2.75) is 12.6 Å². The molecule has 3 aromatic rings. The van der Waals surface area contributed by atoms with Gasteiger partial charge in [-0.1, -0.05) is 48.5 Å². The molecule has 0 saturated carbocycles. The maximum Gasteiger partial charge on any atom is 0.188 e. The zero-order chi connectivity index (χ0) is 17.5. The molecule has 6 nitrogen and oxygen atoms in total. The van der Waals surface area contributed by atoms with E-state index in [1.807, 2.05) is 7.05 Å². The normalized spacial score (nSPS) is 18.0. The van der Waals surface area contributed by atoms with Crippen molar-refractivity contribution < 1.29 is 0 Å². The van der Waals surface area contributed by atoms with Crippen LogP contribution in [0.15, 0.2) is 48.5 Å². The molecule has 2 aromatic carbocycles. The number of benzene rings is 2. The molecule has 0 unspecified atom stereocenters. The number of nitrogens with zero attached hydrogens (tertiary/aromatic N) is 6. The minimum atomic E-state index is 0.374. The van der Waals surface area contributed by atoms with Gasteiger partial charge in [-0.3, -0.25) is 9.80 Å². The number of fused-ring (bicyclic) bond motifs is 3. The van der Waals surface area contributed by atoms with E-state index < -0.39 is 0 Å². The zero-order valence-corrected chi connectivity index (χ0v) is 14.9. The van der Waals surface area contributed by atoms with Crippen LogP contribution in [-0.4, -0.2) is 56.2 Å². The predicted molar refractivity (Wildman–Crippen MR) is 99.4 cm³/mol. The van der Waals surface area contributed by atoms with E-state index in [1.54, 1.807) is 0 Å². The Balaban J connectivity index is 1.35. The van der Waals surface area contributed by atoms with Crippen LogP contribution in [0.1, 0.15) is 23.0 Å². The third kappa shape index (κ3) is 2.62. The maximum absolute atomic E-state index is 4.30. The number of hydrogen-bond acceptors (Lipinski definition) is 5. The van der Waals surface area contributed by atoms with Gasteiger partial charge in [0.05, 0.1) is 19.6 Å². The molecule has 5 rings (SSSR count). The predicted octanol–water partition coefficient (Wildman–Crippen LogP) is 2.10. The SMILES string of the molecule is Cn1nnc(CN2CCN(C3c4ccccc4-c4ccccc43)CC2)n1. The third-order valence-electron chi connectivity index (χ3n) is 5.49. The average Bonchev–Trinajstić information content (AvgIpc) is 3.23. The van der Waals surface area contributed by atoms with Crippen LogP contribution in [0.25, 0.3) is 11.1 Å². The molecule has 6 heteroatoms. The maximum atomic E-state index is 4.30. The monoisotopic (exact) mass is 346 g/mol. The summed E-state index contributed by atoms with van der Waals surface area (Å²) in [4.78, 5) is 6.56. The first kappa shape index (κ1) is 15.7. The van der Waals surface area contributed by atoms with E-state index in [-0.39, 0.29) is 0 Å². The standard InChI is InChI=1S/C20H22N6/c1-24-22-19(21-23-24)14-25-10-12-26(13-11-25)20-17-8-4-2-6-15(17)16-7-3-5-9-18(16)20/h2-9,20H,10-14H2,1H3. The van der Waals surface area contributed by atoms with E-state index in [1.165, 1.54) is 27.1 Å². The first-order chi connectivity index (χ1) is 12.8. The molecule has 0 spiro atoms. The summed E-state index contributed by atoms with van der Waals surface area (Å²) in [6.07, 6.45) is 0. The van der Waals surface area contributed by atoms with Crippen molar-refractivity contribution in [2.75, 3.05) is 26.2 Å². The fourth-order valence-corrected chi connectivity index (χ4v) is 4.29. The molecular weight excluding hydrogens is 324 g/mol. The lowest BCUT2D eigenvalue weighted by Crippen LogP contribution is -2.47. The third-order valence-corrected chi connectivity index (χ3v) is 5.49. The molecule has 0 amide bonds. The second-order valence-corrected chi connectivity index (χ2v) is 7.08. The fourth-order valence-electron chi connectivity index (χ4n) is 4.29. The molecule has 0 bridgehead atoms. The van der Waals surface area contributed by atoms with Gasteiger partial charge in [-0.05, 0) is 27.5 Å². The number of aryl methyl sites for hydroxylation is 1. The second-order valence-electron chi connectivity index (χ2n) is 7.08. The van der Waals surface area contributed by atoms with Crippen molar-refractivity contribution in [3.8, 4) is 11.1 Å². The van der Waals surface area contributed by atoms with Crippen LogP contribution < -0.4 is 0 Å². The van der Waals surface area contributed by atoms with Crippen molar-refractivity contribution in [1.29, 1.82) is 0 Å². The molecular formula is C20H22N6. The highest BCUT2D eigenvalue weighted by molar-refractivity contribution is 5.78. The minimum absolute atomic E-state index is 0.374. The number of aromatic nitrogens is 4. The molecule has 0 N–H and O–H groups in total. The zero-order valence-electron chi connectivity index (χ0n) is 14.9. The van der Waals surface area contributed by atoms with E-state index in [0.29, 0.717) is 6.04 Å². The summed E-state index contributed by atoms with van der Waals surface area (Å²) in [7, 11) is 1.81. The van der Waals surface area contributed by atoms with Crippen molar-refractivity contribution >= 4 is 0 Å². The van der Waals surface area contributed by atoms with Crippen molar-refractivity contribution in [3.63, 3.8) is 0 Å². The summed E-state index contributed by atoms with van der Waals surface area (Å²) in [5.74, 6) is 0.803. The van der Waals surface area contributed by atoms with E-state index in [4.69, 9.17) is 0 Å². The molecule has 132 valence electrons. The Morgan fingerprint density at radius 3 is 2.08 bits per heavy atom. The Bertz CT molecular complexity index is 880. The smallest absolute Gasteiger partial charge is 0.188 e. The Labute approximate surface area is 153 Å². The molecule has 0 atom stereocenters. The van der Waals surface area contributed by atoms with Crippen LogP contribution in [0.2, 0.25) is 0 Å². The number of rotatable bonds is 3. The highest BCUT2D eigenvalue weighted by Gasteiger charge is 2.34. The van der Waals surface area contributed by atoms with Gasteiger partial charge in [0.2, 0.25) is 0 Å². The van der Waals surface area contributed by atoms with Gasteiger partial charge in [0.15, 0.2) is 5.82 Å². The average molecular weight is 346 g/mol.